The highest BCUT2D eigenvalue weighted by Gasteiger charge is 2.45. The summed E-state index contributed by atoms with van der Waals surface area (Å²) >= 11 is 0. The Morgan fingerprint density at radius 3 is 1.97 bits per heavy atom. The second kappa shape index (κ2) is 8.55. The maximum atomic E-state index is 5.87. The van der Waals surface area contributed by atoms with Gasteiger partial charge in [0.1, 0.15) is 5.76 Å². The molecule has 0 amide bonds. The standard InChI is InChI=1S/C28H35NOSi/c1-20(2)31(21(3)4,22(5)6)29-17-16-24-19-25(14-15-26(24)29)28(27-13-10-18-30-27)23-11-8-7-9-12-23/h7-22,28H,1-6H3. The summed E-state index contributed by atoms with van der Waals surface area (Å²) in [5, 5.41) is 1.32. The number of nitrogens with zero attached hydrogens (tertiary/aromatic N) is 1. The van der Waals surface area contributed by atoms with Gasteiger partial charge in [0.05, 0.1) is 12.2 Å². The molecule has 0 fully saturated rings. The van der Waals surface area contributed by atoms with Crippen LogP contribution in [0, 0.1) is 0 Å². The van der Waals surface area contributed by atoms with Crippen molar-refractivity contribution in [3.63, 3.8) is 0 Å². The Hall–Kier alpha value is -2.52. The van der Waals surface area contributed by atoms with Crippen LogP contribution in [0.4, 0.5) is 0 Å². The minimum Gasteiger partial charge on any atom is -0.468 e. The molecule has 0 saturated heterocycles. The van der Waals surface area contributed by atoms with Gasteiger partial charge in [0.2, 0.25) is 0 Å². The van der Waals surface area contributed by atoms with Crippen LogP contribution in [0.15, 0.2) is 83.6 Å². The molecule has 0 radical (unpaired) electrons. The van der Waals surface area contributed by atoms with Gasteiger partial charge in [-0.3, -0.25) is 0 Å². The van der Waals surface area contributed by atoms with Gasteiger partial charge in [-0.25, -0.2) is 0 Å². The molecule has 1 atom stereocenters. The van der Waals surface area contributed by atoms with Crippen molar-refractivity contribution < 1.29 is 4.42 Å². The molecule has 0 bridgehead atoms. The van der Waals surface area contributed by atoms with Gasteiger partial charge in [-0.1, -0.05) is 77.9 Å². The van der Waals surface area contributed by atoms with Crippen molar-refractivity contribution in [3.8, 4) is 0 Å². The summed E-state index contributed by atoms with van der Waals surface area (Å²) in [6.45, 7) is 14.6. The van der Waals surface area contributed by atoms with Crippen LogP contribution < -0.4 is 0 Å². The molecule has 2 nitrogen and oxygen atoms in total. The summed E-state index contributed by atoms with van der Waals surface area (Å²) in [4.78, 5) is 0. The lowest BCUT2D eigenvalue weighted by molar-refractivity contribution is 0.503. The maximum Gasteiger partial charge on any atom is 0.169 e. The smallest absolute Gasteiger partial charge is 0.169 e. The molecule has 0 N–H and O–H groups in total. The Morgan fingerprint density at radius 2 is 1.39 bits per heavy atom. The molecular weight excluding hydrogens is 394 g/mol. The summed E-state index contributed by atoms with van der Waals surface area (Å²) < 4.78 is 8.56. The molecule has 0 spiro atoms. The minimum absolute atomic E-state index is 0.103. The van der Waals surface area contributed by atoms with Gasteiger partial charge in [-0.05, 0) is 69.7 Å². The monoisotopic (exact) mass is 429 g/mol. The molecule has 2 heterocycles. The third-order valence-electron chi connectivity index (χ3n) is 7.20. The summed E-state index contributed by atoms with van der Waals surface area (Å²) in [5.41, 5.74) is 5.91. The number of rotatable bonds is 7. The van der Waals surface area contributed by atoms with Crippen molar-refractivity contribution in [2.45, 2.75) is 64.1 Å². The Balaban J connectivity index is 1.87. The Labute approximate surface area is 188 Å². The van der Waals surface area contributed by atoms with E-state index in [2.05, 4.69) is 113 Å². The van der Waals surface area contributed by atoms with Crippen LogP contribution in [0.25, 0.3) is 10.9 Å². The van der Waals surface area contributed by atoms with E-state index >= 15 is 0 Å². The molecule has 0 aliphatic heterocycles. The highest BCUT2D eigenvalue weighted by molar-refractivity contribution is 6.82. The van der Waals surface area contributed by atoms with Gasteiger partial charge in [0.25, 0.3) is 0 Å². The molecular formula is C28H35NOSi. The molecule has 162 valence electrons. The number of fused-ring (bicyclic) bond motifs is 1. The molecule has 2 aromatic heterocycles. The van der Waals surface area contributed by atoms with Gasteiger partial charge in [-0.2, -0.15) is 0 Å². The van der Waals surface area contributed by atoms with E-state index in [0.29, 0.717) is 16.6 Å². The van der Waals surface area contributed by atoms with Crippen LogP contribution in [0.2, 0.25) is 16.6 Å². The SMILES string of the molecule is CC(C)[Si](C(C)C)(C(C)C)n1ccc2cc(C(c3ccccc3)c3ccco3)ccc21. The average Bonchev–Trinajstić information content (AvgIpc) is 3.39. The quantitative estimate of drug-likeness (QED) is 0.269. The van der Waals surface area contributed by atoms with E-state index in [4.69, 9.17) is 4.42 Å². The third kappa shape index (κ3) is 3.59. The van der Waals surface area contributed by atoms with Crippen molar-refractivity contribution in [2.75, 3.05) is 0 Å². The number of furan rings is 1. The number of hydrogen-bond donors (Lipinski definition) is 0. The predicted molar refractivity (Wildman–Crippen MR) is 134 cm³/mol. The van der Waals surface area contributed by atoms with E-state index in [1.54, 1.807) is 6.26 Å². The predicted octanol–water partition coefficient (Wildman–Crippen LogP) is 8.44. The van der Waals surface area contributed by atoms with Crippen LogP contribution in [0.1, 0.15) is 64.3 Å². The second-order valence-corrected chi connectivity index (χ2v) is 15.4. The van der Waals surface area contributed by atoms with E-state index in [-0.39, 0.29) is 5.92 Å². The summed E-state index contributed by atoms with van der Waals surface area (Å²) in [6.07, 6.45) is 4.14. The number of hydrogen-bond acceptors (Lipinski definition) is 1. The first-order chi connectivity index (χ1) is 14.9. The molecule has 4 rings (SSSR count). The van der Waals surface area contributed by atoms with Gasteiger partial charge >= 0.3 is 0 Å². The van der Waals surface area contributed by atoms with Crippen LogP contribution in [-0.2, 0) is 0 Å². The van der Waals surface area contributed by atoms with Crippen molar-refractivity contribution >= 4 is 19.1 Å². The third-order valence-corrected chi connectivity index (χ3v) is 14.0. The molecule has 2 aromatic carbocycles. The summed E-state index contributed by atoms with van der Waals surface area (Å²) in [7, 11) is -1.78. The fraction of sp³-hybridized carbons (Fsp3) is 0.357. The second-order valence-electron chi connectivity index (χ2n) is 9.71. The van der Waals surface area contributed by atoms with E-state index < -0.39 is 8.24 Å². The van der Waals surface area contributed by atoms with Crippen LogP contribution in [-0.4, -0.2) is 12.5 Å². The van der Waals surface area contributed by atoms with E-state index in [9.17, 15) is 0 Å². The number of aromatic nitrogens is 1. The first-order valence-corrected chi connectivity index (χ1v) is 13.7. The highest BCUT2D eigenvalue weighted by Crippen LogP contribution is 2.44. The minimum atomic E-state index is -1.78. The first kappa shape index (κ1) is 21.7. The fourth-order valence-corrected chi connectivity index (χ4v) is 12.8. The Kier molecular flexibility index (Phi) is 5.98. The van der Waals surface area contributed by atoms with Gasteiger partial charge < -0.3 is 8.65 Å². The molecule has 0 aliphatic carbocycles. The van der Waals surface area contributed by atoms with Crippen LogP contribution >= 0.6 is 0 Å². The number of benzene rings is 2. The lowest BCUT2D eigenvalue weighted by Crippen LogP contribution is -2.51. The van der Waals surface area contributed by atoms with Crippen molar-refractivity contribution in [2.24, 2.45) is 0 Å². The van der Waals surface area contributed by atoms with Crippen molar-refractivity contribution in [1.29, 1.82) is 0 Å². The molecule has 0 aliphatic rings. The molecule has 3 heteroatoms. The molecule has 4 aromatic rings. The summed E-state index contributed by atoms with van der Waals surface area (Å²) in [6, 6.07) is 24.1. The zero-order valence-corrected chi connectivity index (χ0v) is 20.7. The first-order valence-electron chi connectivity index (χ1n) is 11.6. The van der Waals surface area contributed by atoms with Crippen molar-refractivity contribution in [1.82, 2.24) is 4.23 Å². The molecule has 31 heavy (non-hydrogen) atoms. The fourth-order valence-electron chi connectivity index (χ4n) is 6.13. The highest BCUT2D eigenvalue weighted by atomic mass is 28.3. The molecule has 1 unspecified atom stereocenters. The maximum absolute atomic E-state index is 5.87. The summed E-state index contributed by atoms with van der Waals surface area (Å²) in [5.74, 6) is 1.09. The zero-order valence-electron chi connectivity index (χ0n) is 19.7. The van der Waals surface area contributed by atoms with Gasteiger partial charge in [-0.15, -0.1) is 0 Å². The van der Waals surface area contributed by atoms with Crippen molar-refractivity contribution in [3.05, 3.63) is 96.1 Å². The van der Waals surface area contributed by atoms with Gasteiger partial charge in [0.15, 0.2) is 8.24 Å². The van der Waals surface area contributed by atoms with Gasteiger partial charge in [0, 0.05) is 5.52 Å². The lowest BCUT2D eigenvalue weighted by atomic mass is 9.88. The topological polar surface area (TPSA) is 18.1 Å². The average molecular weight is 430 g/mol. The Bertz CT molecular complexity index is 1100. The zero-order chi connectivity index (χ0) is 22.2. The van der Waals surface area contributed by atoms with E-state index in [0.717, 1.165) is 5.76 Å². The normalized spacial score (nSPS) is 13.6. The van der Waals surface area contributed by atoms with E-state index in [1.807, 2.05) is 6.07 Å². The Morgan fingerprint density at radius 1 is 0.710 bits per heavy atom. The van der Waals surface area contributed by atoms with Crippen LogP contribution in [0.3, 0.4) is 0 Å². The lowest BCUT2D eigenvalue weighted by Gasteiger charge is -2.44. The largest absolute Gasteiger partial charge is 0.468 e. The van der Waals surface area contributed by atoms with Crippen LogP contribution in [0.5, 0.6) is 0 Å². The molecule has 0 saturated carbocycles. The van der Waals surface area contributed by atoms with E-state index in [1.165, 1.54) is 22.0 Å².